The lowest BCUT2D eigenvalue weighted by Gasteiger charge is -2.05. The minimum Gasteiger partial charge on any atom is -0.320 e. The van der Waals surface area contributed by atoms with Gasteiger partial charge in [-0.3, -0.25) is 4.79 Å². The third kappa shape index (κ3) is 1.77. The maximum Gasteiger partial charge on any atom is 0.256 e. The Labute approximate surface area is 113 Å². The quantitative estimate of drug-likeness (QED) is 0.855. The van der Waals surface area contributed by atoms with Crippen molar-refractivity contribution >= 4 is 32.0 Å². The van der Waals surface area contributed by atoms with Crippen molar-refractivity contribution in [1.29, 1.82) is 0 Å². The molecular weight excluding hydrogens is 290 g/mol. The molecule has 1 aliphatic rings. The standard InChI is InChI=1S/C15H10BrNO/c16-13(10-6-2-1-3-7-10)14-11-8-4-5-9-12(11)15(18)17-14/h1-9H,(H,17,18)/b14-13+. The molecule has 0 radical (unpaired) electrons. The van der Waals surface area contributed by atoms with Gasteiger partial charge in [0.15, 0.2) is 0 Å². The van der Waals surface area contributed by atoms with Gasteiger partial charge in [-0.2, -0.15) is 0 Å². The molecule has 0 atom stereocenters. The summed E-state index contributed by atoms with van der Waals surface area (Å²) in [4.78, 5) is 11.8. The van der Waals surface area contributed by atoms with E-state index in [1.165, 1.54) is 0 Å². The fourth-order valence-electron chi connectivity index (χ4n) is 2.05. The first-order valence-electron chi connectivity index (χ1n) is 5.63. The van der Waals surface area contributed by atoms with Crippen molar-refractivity contribution < 1.29 is 4.79 Å². The van der Waals surface area contributed by atoms with Crippen LogP contribution in [0.4, 0.5) is 0 Å². The van der Waals surface area contributed by atoms with E-state index in [1.807, 2.05) is 54.6 Å². The Hall–Kier alpha value is -1.87. The van der Waals surface area contributed by atoms with E-state index in [0.717, 1.165) is 26.9 Å². The molecule has 1 heterocycles. The first-order chi connectivity index (χ1) is 8.77. The molecule has 0 fully saturated rings. The molecule has 0 saturated heterocycles. The minimum absolute atomic E-state index is 0.0477. The van der Waals surface area contributed by atoms with Crippen molar-refractivity contribution in [3.05, 3.63) is 71.3 Å². The van der Waals surface area contributed by atoms with E-state index in [9.17, 15) is 4.79 Å². The topological polar surface area (TPSA) is 29.1 Å². The molecule has 0 bridgehead atoms. The normalized spacial score (nSPS) is 16.2. The summed E-state index contributed by atoms with van der Waals surface area (Å²) >= 11 is 3.58. The Kier molecular flexibility index (Phi) is 2.76. The molecule has 0 aromatic heterocycles. The van der Waals surface area contributed by atoms with Crippen LogP contribution in [0.5, 0.6) is 0 Å². The van der Waals surface area contributed by atoms with Crippen LogP contribution in [0.15, 0.2) is 54.6 Å². The van der Waals surface area contributed by atoms with Gasteiger partial charge in [-0.05, 0) is 27.6 Å². The number of halogens is 1. The van der Waals surface area contributed by atoms with Crippen molar-refractivity contribution in [3.63, 3.8) is 0 Å². The van der Waals surface area contributed by atoms with Gasteiger partial charge in [0.05, 0.1) is 5.70 Å². The maximum absolute atomic E-state index is 11.8. The third-order valence-corrected chi connectivity index (χ3v) is 3.78. The lowest BCUT2D eigenvalue weighted by Crippen LogP contribution is -2.12. The van der Waals surface area contributed by atoms with Gasteiger partial charge in [0, 0.05) is 15.6 Å². The Balaban J connectivity index is 2.17. The summed E-state index contributed by atoms with van der Waals surface area (Å²) in [5.74, 6) is -0.0477. The molecule has 2 nitrogen and oxygen atoms in total. The second kappa shape index (κ2) is 4.42. The summed E-state index contributed by atoms with van der Waals surface area (Å²) in [6.45, 7) is 0. The highest BCUT2D eigenvalue weighted by molar-refractivity contribution is 9.15. The van der Waals surface area contributed by atoms with E-state index in [1.54, 1.807) is 0 Å². The molecule has 3 rings (SSSR count). The summed E-state index contributed by atoms with van der Waals surface area (Å²) in [5.41, 5.74) is 3.55. The zero-order valence-electron chi connectivity index (χ0n) is 9.48. The van der Waals surface area contributed by atoms with Gasteiger partial charge in [-0.1, -0.05) is 48.5 Å². The number of fused-ring (bicyclic) bond motifs is 1. The highest BCUT2D eigenvalue weighted by Crippen LogP contribution is 2.34. The van der Waals surface area contributed by atoms with Gasteiger partial charge >= 0.3 is 0 Å². The van der Waals surface area contributed by atoms with Gasteiger partial charge in [-0.15, -0.1) is 0 Å². The molecule has 0 spiro atoms. The number of carbonyl (C=O) groups excluding carboxylic acids is 1. The molecule has 0 saturated carbocycles. The SMILES string of the molecule is O=C1N/C(=C(/Br)c2ccccc2)c2ccccc21. The number of rotatable bonds is 1. The van der Waals surface area contributed by atoms with Crippen LogP contribution in [0.1, 0.15) is 21.5 Å². The van der Waals surface area contributed by atoms with Crippen molar-refractivity contribution in [2.45, 2.75) is 0 Å². The molecule has 1 N–H and O–H groups in total. The molecule has 88 valence electrons. The van der Waals surface area contributed by atoms with Crippen molar-refractivity contribution in [2.75, 3.05) is 0 Å². The molecule has 0 unspecified atom stereocenters. The second-order valence-corrected chi connectivity index (χ2v) is 4.85. The van der Waals surface area contributed by atoms with Crippen LogP contribution in [0, 0.1) is 0 Å². The van der Waals surface area contributed by atoms with Crippen LogP contribution in [-0.4, -0.2) is 5.91 Å². The summed E-state index contributed by atoms with van der Waals surface area (Å²) < 4.78 is 0.904. The predicted molar refractivity (Wildman–Crippen MR) is 76.1 cm³/mol. The van der Waals surface area contributed by atoms with E-state index >= 15 is 0 Å². The summed E-state index contributed by atoms with van der Waals surface area (Å²) in [6.07, 6.45) is 0. The van der Waals surface area contributed by atoms with Crippen LogP contribution in [0.3, 0.4) is 0 Å². The van der Waals surface area contributed by atoms with Gasteiger partial charge in [0.25, 0.3) is 5.91 Å². The summed E-state index contributed by atoms with van der Waals surface area (Å²) in [5, 5.41) is 2.91. The Morgan fingerprint density at radius 1 is 0.889 bits per heavy atom. The Morgan fingerprint density at radius 2 is 1.50 bits per heavy atom. The van der Waals surface area contributed by atoms with Crippen molar-refractivity contribution in [2.24, 2.45) is 0 Å². The number of hydrogen-bond acceptors (Lipinski definition) is 1. The van der Waals surface area contributed by atoms with Gasteiger partial charge < -0.3 is 5.32 Å². The van der Waals surface area contributed by atoms with Crippen molar-refractivity contribution in [1.82, 2.24) is 5.32 Å². The van der Waals surface area contributed by atoms with E-state index in [2.05, 4.69) is 21.2 Å². The lowest BCUT2D eigenvalue weighted by molar-refractivity contribution is 0.0981. The molecule has 0 aliphatic carbocycles. The van der Waals surface area contributed by atoms with Crippen LogP contribution < -0.4 is 5.32 Å². The van der Waals surface area contributed by atoms with Crippen molar-refractivity contribution in [3.8, 4) is 0 Å². The second-order valence-electron chi connectivity index (χ2n) is 4.05. The maximum atomic E-state index is 11.8. The average Bonchev–Trinajstić information content (AvgIpc) is 2.77. The predicted octanol–water partition coefficient (Wildman–Crippen LogP) is 3.65. The monoisotopic (exact) mass is 299 g/mol. The molecule has 2 aromatic rings. The highest BCUT2D eigenvalue weighted by Gasteiger charge is 2.25. The van der Waals surface area contributed by atoms with Crippen LogP contribution in [0.25, 0.3) is 10.2 Å². The molecule has 1 aliphatic heterocycles. The molecular formula is C15H10BrNO. The lowest BCUT2D eigenvalue weighted by atomic mass is 10.1. The summed E-state index contributed by atoms with van der Waals surface area (Å²) in [7, 11) is 0. The molecule has 2 aromatic carbocycles. The zero-order valence-corrected chi connectivity index (χ0v) is 11.1. The van der Waals surface area contributed by atoms with E-state index in [4.69, 9.17) is 0 Å². The van der Waals surface area contributed by atoms with E-state index < -0.39 is 0 Å². The molecule has 1 amide bonds. The molecule has 18 heavy (non-hydrogen) atoms. The van der Waals surface area contributed by atoms with Gasteiger partial charge in [-0.25, -0.2) is 0 Å². The van der Waals surface area contributed by atoms with E-state index in [0.29, 0.717) is 0 Å². The summed E-state index contributed by atoms with van der Waals surface area (Å²) in [6, 6.07) is 17.5. The number of nitrogens with one attached hydrogen (secondary N) is 1. The highest BCUT2D eigenvalue weighted by atomic mass is 79.9. The van der Waals surface area contributed by atoms with Gasteiger partial charge in [0.2, 0.25) is 0 Å². The third-order valence-electron chi connectivity index (χ3n) is 2.93. The number of carbonyl (C=O) groups is 1. The smallest absolute Gasteiger partial charge is 0.256 e. The zero-order chi connectivity index (χ0) is 12.5. The number of benzene rings is 2. The van der Waals surface area contributed by atoms with E-state index in [-0.39, 0.29) is 5.91 Å². The first kappa shape index (κ1) is 11.2. The van der Waals surface area contributed by atoms with Crippen LogP contribution >= 0.6 is 15.9 Å². The minimum atomic E-state index is -0.0477. The fourth-order valence-corrected chi connectivity index (χ4v) is 2.63. The largest absolute Gasteiger partial charge is 0.320 e. The Morgan fingerprint density at radius 3 is 2.22 bits per heavy atom. The van der Waals surface area contributed by atoms with Crippen LogP contribution in [0.2, 0.25) is 0 Å². The first-order valence-corrected chi connectivity index (χ1v) is 6.42. The molecule has 3 heteroatoms. The van der Waals surface area contributed by atoms with Gasteiger partial charge in [0.1, 0.15) is 0 Å². The fraction of sp³-hybridized carbons (Fsp3) is 0. The Bertz CT molecular complexity index is 647. The average molecular weight is 300 g/mol. The number of hydrogen-bond donors (Lipinski definition) is 1. The number of amides is 1. The van der Waals surface area contributed by atoms with Crippen LogP contribution in [-0.2, 0) is 0 Å².